The molecule has 150 valence electrons. The van der Waals surface area contributed by atoms with E-state index in [9.17, 15) is 19.2 Å². The van der Waals surface area contributed by atoms with Crippen LogP contribution < -0.4 is 0 Å². The molecule has 0 aromatic heterocycles. The number of amides is 3. The summed E-state index contributed by atoms with van der Waals surface area (Å²) < 4.78 is 0. The Kier molecular flexibility index (Phi) is 6.27. The van der Waals surface area contributed by atoms with Gasteiger partial charge in [-0.05, 0) is 49.4 Å². The molecule has 0 saturated carbocycles. The summed E-state index contributed by atoms with van der Waals surface area (Å²) in [5.74, 6) is -2.36. The first-order chi connectivity index (χ1) is 13.7. The van der Waals surface area contributed by atoms with Gasteiger partial charge in [0.2, 0.25) is 11.8 Å². The van der Waals surface area contributed by atoms with E-state index in [1.165, 1.54) is 49.4 Å². The molecule has 0 aliphatic carbocycles. The standard InChI is InChI=1S/C20H15Cl3N2O4/c1-11(19(28)12-2-4-13(21)5-3-12)24(25-17(26)8-9-18(25)27)20(29)15-7-6-14(22)10-16(15)23/h2-7,10-11H,8-9H2,1H3/t11-/m0/s1. The van der Waals surface area contributed by atoms with Crippen molar-refractivity contribution in [3.8, 4) is 0 Å². The first-order valence-electron chi connectivity index (χ1n) is 8.64. The quantitative estimate of drug-likeness (QED) is 0.496. The van der Waals surface area contributed by atoms with E-state index < -0.39 is 29.5 Å². The van der Waals surface area contributed by atoms with Crippen LogP contribution in [-0.2, 0) is 9.59 Å². The van der Waals surface area contributed by atoms with Crippen molar-refractivity contribution in [3.63, 3.8) is 0 Å². The number of benzene rings is 2. The van der Waals surface area contributed by atoms with Crippen LogP contribution in [0.3, 0.4) is 0 Å². The predicted octanol–water partition coefficient (Wildman–Crippen LogP) is 4.42. The molecule has 6 nitrogen and oxygen atoms in total. The maximum atomic E-state index is 13.3. The molecule has 29 heavy (non-hydrogen) atoms. The Morgan fingerprint density at radius 2 is 1.48 bits per heavy atom. The maximum absolute atomic E-state index is 13.3. The number of halogens is 3. The van der Waals surface area contributed by atoms with E-state index in [-0.39, 0.29) is 29.0 Å². The van der Waals surface area contributed by atoms with E-state index in [2.05, 4.69) is 0 Å². The molecular formula is C20H15Cl3N2O4. The Balaban J connectivity index is 2.04. The van der Waals surface area contributed by atoms with E-state index >= 15 is 0 Å². The number of imide groups is 1. The summed E-state index contributed by atoms with van der Waals surface area (Å²) in [7, 11) is 0. The number of hydrazine groups is 1. The highest BCUT2D eigenvalue weighted by atomic mass is 35.5. The molecule has 1 heterocycles. The second-order valence-corrected chi connectivity index (χ2v) is 7.70. The van der Waals surface area contributed by atoms with Crippen molar-refractivity contribution < 1.29 is 19.2 Å². The number of rotatable bonds is 5. The third-order valence-electron chi connectivity index (χ3n) is 4.49. The highest BCUT2D eigenvalue weighted by Crippen LogP contribution is 2.27. The minimum atomic E-state index is -1.15. The van der Waals surface area contributed by atoms with Crippen molar-refractivity contribution in [2.75, 3.05) is 0 Å². The number of carbonyl (C=O) groups is 4. The lowest BCUT2D eigenvalue weighted by atomic mass is 10.0. The lowest BCUT2D eigenvalue weighted by Crippen LogP contribution is -2.56. The number of ketones is 1. The molecule has 0 radical (unpaired) electrons. The lowest BCUT2D eigenvalue weighted by molar-refractivity contribution is -0.154. The molecule has 0 N–H and O–H groups in total. The summed E-state index contributed by atoms with van der Waals surface area (Å²) in [5.41, 5.74) is 0.292. The van der Waals surface area contributed by atoms with Crippen molar-refractivity contribution in [1.82, 2.24) is 10.0 Å². The van der Waals surface area contributed by atoms with E-state index in [0.29, 0.717) is 10.0 Å². The highest BCUT2D eigenvalue weighted by molar-refractivity contribution is 6.36. The van der Waals surface area contributed by atoms with E-state index in [0.717, 1.165) is 10.0 Å². The van der Waals surface area contributed by atoms with Crippen LogP contribution in [0.2, 0.25) is 15.1 Å². The Labute approximate surface area is 181 Å². The summed E-state index contributed by atoms with van der Waals surface area (Å²) >= 11 is 17.9. The average molecular weight is 454 g/mol. The molecule has 1 fully saturated rings. The van der Waals surface area contributed by atoms with Gasteiger partial charge in [-0.2, -0.15) is 5.01 Å². The largest absolute Gasteiger partial charge is 0.292 e. The zero-order valence-electron chi connectivity index (χ0n) is 15.2. The molecule has 1 aliphatic rings. The zero-order chi connectivity index (χ0) is 21.3. The van der Waals surface area contributed by atoms with Crippen LogP contribution in [0.1, 0.15) is 40.5 Å². The maximum Gasteiger partial charge on any atom is 0.275 e. The molecule has 3 rings (SSSR count). The SMILES string of the molecule is C[C@@H](C(=O)c1ccc(Cl)cc1)N(C(=O)c1ccc(Cl)cc1Cl)N1C(=O)CCC1=O. The van der Waals surface area contributed by atoms with Crippen LogP contribution in [0, 0.1) is 0 Å². The third kappa shape index (κ3) is 4.29. The van der Waals surface area contributed by atoms with Crippen LogP contribution in [-0.4, -0.2) is 39.6 Å². The molecule has 0 spiro atoms. The Morgan fingerprint density at radius 1 is 0.931 bits per heavy atom. The van der Waals surface area contributed by atoms with Gasteiger partial charge in [-0.1, -0.05) is 34.8 Å². The molecule has 9 heteroatoms. The van der Waals surface area contributed by atoms with Gasteiger partial charge < -0.3 is 0 Å². The number of Topliss-reactive ketones (excluding diaryl/α,β-unsaturated/α-hetero) is 1. The molecule has 0 unspecified atom stereocenters. The highest BCUT2D eigenvalue weighted by Gasteiger charge is 2.42. The average Bonchev–Trinajstić information content (AvgIpc) is 3.00. The van der Waals surface area contributed by atoms with Crippen molar-refractivity contribution in [2.24, 2.45) is 0 Å². The third-order valence-corrected chi connectivity index (χ3v) is 5.29. The second kappa shape index (κ2) is 8.53. The van der Waals surface area contributed by atoms with E-state index in [1.807, 2.05) is 0 Å². The van der Waals surface area contributed by atoms with Crippen LogP contribution in [0.15, 0.2) is 42.5 Å². The van der Waals surface area contributed by atoms with Gasteiger partial charge in [-0.25, -0.2) is 5.01 Å². The number of nitrogens with zero attached hydrogens (tertiary/aromatic N) is 2. The summed E-state index contributed by atoms with van der Waals surface area (Å²) in [6, 6.07) is 9.14. The Bertz CT molecular complexity index is 991. The number of carbonyl (C=O) groups excluding carboxylic acids is 4. The summed E-state index contributed by atoms with van der Waals surface area (Å²) in [6.45, 7) is 1.44. The summed E-state index contributed by atoms with van der Waals surface area (Å²) in [6.07, 6.45) is -0.0857. The topological polar surface area (TPSA) is 74.8 Å². The molecular weight excluding hydrogens is 439 g/mol. The van der Waals surface area contributed by atoms with Crippen LogP contribution in [0.4, 0.5) is 0 Å². The van der Waals surface area contributed by atoms with Gasteiger partial charge >= 0.3 is 0 Å². The van der Waals surface area contributed by atoms with Gasteiger partial charge in [0.05, 0.1) is 10.6 Å². The first kappa shape index (κ1) is 21.3. The molecule has 2 aromatic carbocycles. The van der Waals surface area contributed by atoms with Gasteiger partial charge in [-0.15, -0.1) is 0 Å². The van der Waals surface area contributed by atoms with Crippen molar-refractivity contribution in [2.45, 2.75) is 25.8 Å². The molecule has 1 aliphatic heterocycles. The molecule has 1 atom stereocenters. The number of hydrogen-bond acceptors (Lipinski definition) is 4. The molecule has 2 aromatic rings. The Morgan fingerprint density at radius 3 is 2.03 bits per heavy atom. The minimum Gasteiger partial charge on any atom is -0.292 e. The van der Waals surface area contributed by atoms with Gasteiger partial charge in [0.25, 0.3) is 5.91 Å². The van der Waals surface area contributed by atoms with Crippen LogP contribution >= 0.6 is 34.8 Å². The van der Waals surface area contributed by atoms with E-state index in [1.54, 1.807) is 0 Å². The summed E-state index contributed by atoms with van der Waals surface area (Å²) in [5, 5.41) is 2.39. The lowest BCUT2D eigenvalue weighted by Gasteiger charge is -2.34. The van der Waals surface area contributed by atoms with Crippen LogP contribution in [0.5, 0.6) is 0 Å². The minimum absolute atomic E-state index is 0.0133. The number of hydrogen-bond donors (Lipinski definition) is 0. The zero-order valence-corrected chi connectivity index (χ0v) is 17.5. The fourth-order valence-corrected chi connectivity index (χ4v) is 3.61. The first-order valence-corrected chi connectivity index (χ1v) is 9.78. The van der Waals surface area contributed by atoms with Crippen molar-refractivity contribution >= 4 is 58.3 Å². The van der Waals surface area contributed by atoms with E-state index in [4.69, 9.17) is 34.8 Å². The smallest absolute Gasteiger partial charge is 0.275 e. The fraction of sp³-hybridized carbons (Fsp3) is 0.200. The van der Waals surface area contributed by atoms with Gasteiger partial charge in [-0.3, -0.25) is 19.2 Å². The second-order valence-electron chi connectivity index (χ2n) is 6.42. The molecule has 1 saturated heterocycles. The molecule has 0 bridgehead atoms. The molecule has 3 amide bonds. The normalized spacial score (nSPS) is 14.8. The Hall–Kier alpha value is -2.41. The fourth-order valence-electron chi connectivity index (χ4n) is 3.00. The van der Waals surface area contributed by atoms with Crippen LogP contribution in [0.25, 0.3) is 0 Å². The van der Waals surface area contributed by atoms with Crippen molar-refractivity contribution in [3.05, 3.63) is 68.7 Å². The van der Waals surface area contributed by atoms with Gasteiger partial charge in [0, 0.05) is 28.5 Å². The predicted molar refractivity (Wildman–Crippen MR) is 109 cm³/mol. The monoisotopic (exact) mass is 452 g/mol. The van der Waals surface area contributed by atoms with Gasteiger partial charge in [0.15, 0.2) is 5.78 Å². The summed E-state index contributed by atoms with van der Waals surface area (Å²) in [4.78, 5) is 50.9. The van der Waals surface area contributed by atoms with Gasteiger partial charge in [0.1, 0.15) is 6.04 Å². The van der Waals surface area contributed by atoms with Crippen molar-refractivity contribution in [1.29, 1.82) is 0 Å².